The van der Waals surface area contributed by atoms with E-state index in [1.165, 1.54) is 0 Å². The Morgan fingerprint density at radius 1 is 0.917 bits per heavy atom. The molecule has 0 saturated carbocycles. The average Bonchev–Trinajstić information content (AvgIpc) is 2.61. The predicted octanol–water partition coefficient (Wildman–Crippen LogP) is 4.04. The van der Waals surface area contributed by atoms with Crippen LogP contribution in [0.5, 0.6) is 0 Å². The first-order valence-electron chi connectivity index (χ1n) is 8.24. The molecular weight excluding hydrogens is 304 g/mol. The van der Waals surface area contributed by atoms with E-state index in [0.29, 0.717) is 13.0 Å². The molecule has 2 rings (SSSR count). The highest BCUT2D eigenvalue weighted by molar-refractivity contribution is 5.73. The highest BCUT2D eigenvalue weighted by Gasteiger charge is 2.29. The fourth-order valence-corrected chi connectivity index (χ4v) is 2.48. The summed E-state index contributed by atoms with van der Waals surface area (Å²) in [6.07, 6.45) is 0.0153. The normalized spacial score (nSPS) is 13.4. The molecule has 24 heavy (non-hydrogen) atoms. The topological polar surface area (TPSA) is 55.8 Å². The second-order valence-corrected chi connectivity index (χ2v) is 5.68. The number of aliphatic carboxylic acids is 1. The second kappa shape index (κ2) is 9.85. The van der Waals surface area contributed by atoms with Crippen molar-refractivity contribution in [3.8, 4) is 0 Å². The van der Waals surface area contributed by atoms with Gasteiger partial charge in [0, 0.05) is 0 Å². The van der Waals surface area contributed by atoms with Crippen LogP contribution in [0.25, 0.3) is 0 Å². The second-order valence-electron chi connectivity index (χ2n) is 5.68. The van der Waals surface area contributed by atoms with Crippen LogP contribution < -0.4 is 0 Å². The molecule has 0 radical (unpaired) electrons. The van der Waals surface area contributed by atoms with Crippen molar-refractivity contribution in [2.45, 2.75) is 45.2 Å². The molecule has 0 aromatic heterocycles. The van der Waals surface area contributed by atoms with E-state index in [-0.39, 0.29) is 6.61 Å². The highest BCUT2D eigenvalue weighted by atomic mass is 16.6. The molecule has 0 heterocycles. The minimum absolute atomic E-state index is 0.257. The zero-order valence-corrected chi connectivity index (χ0v) is 13.9. The lowest BCUT2D eigenvalue weighted by molar-refractivity contribution is -0.165. The molecule has 2 aromatic rings. The van der Waals surface area contributed by atoms with E-state index < -0.39 is 18.2 Å². The third kappa shape index (κ3) is 5.80. The summed E-state index contributed by atoms with van der Waals surface area (Å²) in [4.78, 5) is 11.6. The summed E-state index contributed by atoms with van der Waals surface area (Å²) in [7, 11) is 0. The molecule has 0 amide bonds. The molecule has 128 valence electrons. The molecule has 0 aliphatic carbocycles. The van der Waals surface area contributed by atoms with Crippen molar-refractivity contribution in [1.29, 1.82) is 0 Å². The van der Waals surface area contributed by atoms with Crippen LogP contribution >= 0.6 is 0 Å². The standard InChI is InChI=1S/C20H24O4/c1-2-9-18(23-14-16-10-5-3-6-11-16)19(20(21)22)24-15-17-12-7-4-8-13-17/h3-8,10-13,18-19H,2,9,14-15H2,1H3,(H,21,22). The molecule has 0 fully saturated rings. The Hall–Kier alpha value is -2.17. The monoisotopic (exact) mass is 328 g/mol. The van der Waals surface area contributed by atoms with Crippen molar-refractivity contribution >= 4 is 5.97 Å². The third-order valence-corrected chi connectivity index (χ3v) is 3.73. The molecule has 4 heteroatoms. The van der Waals surface area contributed by atoms with Gasteiger partial charge < -0.3 is 14.6 Å². The predicted molar refractivity (Wildman–Crippen MR) is 92.6 cm³/mol. The van der Waals surface area contributed by atoms with Gasteiger partial charge in [-0.15, -0.1) is 0 Å². The van der Waals surface area contributed by atoms with E-state index in [2.05, 4.69) is 0 Å². The number of hydrogen-bond donors (Lipinski definition) is 1. The van der Waals surface area contributed by atoms with Gasteiger partial charge in [-0.25, -0.2) is 4.79 Å². The van der Waals surface area contributed by atoms with Gasteiger partial charge in [0.25, 0.3) is 0 Å². The largest absolute Gasteiger partial charge is 0.479 e. The quantitative estimate of drug-likeness (QED) is 0.715. The van der Waals surface area contributed by atoms with E-state index in [1.807, 2.05) is 67.6 Å². The lowest BCUT2D eigenvalue weighted by atomic mass is 10.1. The van der Waals surface area contributed by atoms with Crippen molar-refractivity contribution in [2.24, 2.45) is 0 Å². The number of hydrogen-bond acceptors (Lipinski definition) is 3. The van der Waals surface area contributed by atoms with Crippen molar-refractivity contribution in [3.63, 3.8) is 0 Å². The van der Waals surface area contributed by atoms with Crippen LogP contribution in [0.4, 0.5) is 0 Å². The molecule has 0 spiro atoms. The average molecular weight is 328 g/mol. The molecular formula is C20H24O4. The highest BCUT2D eigenvalue weighted by Crippen LogP contribution is 2.16. The Kier molecular flexibility index (Phi) is 7.46. The van der Waals surface area contributed by atoms with E-state index in [9.17, 15) is 9.90 Å². The fourth-order valence-electron chi connectivity index (χ4n) is 2.48. The fraction of sp³-hybridized carbons (Fsp3) is 0.350. The van der Waals surface area contributed by atoms with Crippen LogP contribution in [-0.2, 0) is 27.5 Å². The van der Waals surface area contributed by atoms with Gasteiger partial charge in [0.05, 0.1) is 19.3 Å². The van der Waals surface area contributed by atoms with Crippen molar-refractivity contribution in [3.05, 3.63) is 71.8 Å². The van der Waals surface area contributed by atoms with Gasteiger partial charge in [-0.1, -0.05) is 74.0 Å². The zero-order chi connectivity index (χ0) is 17.2. The first-order valence-corrected chi connectivity index (χ1v) is 8.24. The minimum Gasteiger partial charge on any atom is -0.479 e. The lowest BCUT2D eigenvalue weighted by Crippen LogP contribution is -2.38. The smallest absolute Gasteiger partial charge is 0.335 e. The number of ether oxygens (including phenoxy) is 2. The van der Waals surface area contributed by atoms with Crippen LogP contribution in [0.2, 0.25) is 0 Å². The SMILES string of the molecule is CCCC(OCc1ccccc1)C(OCc1ccccc1)C(=O)O. The number of rotatable bonds is 10. The molecule has 2 unspecified atom stereocenters. The Labute approximate surface area is 143 Å². The zero-order valence-electron chi connectivity index (χ0n) is 13.9. The summed E-state index contributed by atoms with van der Waals surface area (Å²) in [6, 6.07) is 19.3. The number of benzene rings is 2. The Morgan fingerprint density at radius 3 is 1.88 bits per heavy atom. The summed E-state index contributed by atoms with van der Waals surface area (Å²) in [5.74, 6) is -0.988. The van der Waals surface area contributed by atoms with Gasteiger partial charge in [-0.2, -0.15) is 0 Å². The molecule has 2 aromatic carbocycles. The molecule has 0 bridgehead atoms. The number of carboxylic acids is 1. The van der Waals surface area contributed by atoms with Crippen LogP contribution in [0.3, 0.4) is 0 Å². The van der Waals surface area contributed by atoms with Crippen LogP contribution in [0.1, 0.15) is 30.9 Å². The summed E-state index contributed by atoms with van der Waals surface area (Å²) in [5.41, 5.74) is 1.97. The number of carboxylic acid groups (broad SMARTS) is 1. The van der Waals surface area contributed by atoms with E-state index >= 15 is 0 Å². The van der Waals surface area contributed by atoms with Gasteiger partial charge in [0.15, 0.2) is 6.10 Å². The van der Waals surface area contributed by atoms with E-state index in [1.54, 1.807) is 0 Å². The maximum atomic E-state index is 11.6. The molecule has 4 nitrogen and oxygen atoms in total. The minimum atomic E-state index is -0.988. The summed E-state index contributed by atoms with van der Waals surface area (Å²) in [5, 5.41) is 9.54. The summed E-state index contributed by atoms with van der Waals surface area (Å²) < 4.78 is 11.5. The van der Waals surface area contributed by atoms with Crippen molar-refractivity contribution in [2.75, 3.05) is 0 Å². The summed E-state index contributed by atoms with van der Waals surface area (Å²) >= 11 is 0. The Balaban J connectivity index is 1.98. The lowest BCUT2D eigenvalue weighted by Gasteiger charge is -2.24. The van der Waals surface area contributed by atoms with Gasteiger partial charge in [-0.3, -0.25) is 0 Å². The molecule has 0 aliphatic rings. The Bertz CT molecular complexity index is 598. The van der Waals surface area contributed by atoms with Crippen LogP contribution in [-0.4, -0.2) is 23.3 Å². The van der Waals surface area contributed by atoms with Gasteiger partial charge in [0.2, 0.25) is 0 Å². The molecule has 0 aliphatic heterocycles. The van der Waals surface area contributed by atoms with Crippen LogP contribution in [0.15, 0.2) is 60.7 Å². The van der Waals surface area contributed by atoms with E-state index in [0.717, 1.165) is 17.5 Å². The van der Waals surface area contributed by atoms with Crippen molar-refractivity contribution in [1.82, 2.24) is 0 Å². The van der Waals surface area contributed by atoms with Crippen LogP contribution in [0, 0.1) is 0 Å². The Morgan fingerprint density at radius 2 is 1.42 bits per heavy atom. The first-order chi connectivity index (χ1) is 11.7. The maximum Gasteiger partial charge on any atom is 0.335 e. The molecule has 2 atom stereocenters. The molecule has 0 saturated heterocycles. The van der Waals surface area contributed by atoms with E-state index in [4.69, 9.17) is 9.47 Å². The maximum absolute atomic E-state index is 11.6. The first kappa shape index (κ1) is 18.2. The number of carbonyl (C=O) groups is 1. The third-order valence-electron chi connectivity index (χ3n) is 3.73. The van der Waals surface area contributed by atoms with Gasteiger partial charge >= 0.3 is 5.97 Å². The summed E-state index contributed by atoms with van der Waals surface area (Å²) in [6.45, 7) is 2.64. The van der Waals surface area contributed by atoms with Gasteiger partial charge in [0.1, 0.15) is 0 Å². The van der Waals surface area contributed by atoms with Crippen molar-refractivity contribution < 1.29 is 19.4 Å². The van der Waals surface area contributed by atoms with Gasteiger partial charge in [-0.05, 0) is 17.5 Å². The molecule has 1 N–H and O–H groups in total.